The monoisotopic (exact) mass is 281 g/mol. The number of aromatic nitrogens is 3. The maximum absolute atomic E-state index is 10.8. The Hall–Kier alpha value is -3.22. The zero-order valence-corrected chi connectivity index (χ0v) is 10.8. The molecule has 0 bridgehead atoms. The summed E-state index contributed by atoms with van der Waals surface area (Å²) < 4.78 is 0. The molecule has 0 spiro atoms. The Kier molecular flexibility index (Phi) is 2.87. The smallest absolute Gasteiger partial charge is 0.337 e. The third-order valence-electron chi connectivity index (χ3n) is 3.05. The van der Waals surface area contributed by atoms with Gasteiger partial charge in [0.05, 0.1) is 16.6 Å². The van der Waals surface area contributed by atoms with Crippen LogP contribution >= 0.6 is 0 Å². The molecular formula is C14H11N5O2. The van der Waals surface area contributed by atoms with Crippen LogP contribution in [0, 0.1) is 5.41 Å². The summed E-state index contributed by atoms with van der Waals surface area (Å²) in [6, 6.07) is 8.28. The zero-order chi connectivity index (χ0) is 15.0. The van der Waals surface area contributed by atoms with Crippen LogP contribution in [0.4, 0.5) is 0 Å². The van der Waals surface area contributed by atoms with Crippen molar-refractivity contribution < 1.29 is 9.90 Å². The van der Waals surface area contributed by atoms with Crippen LogP contribution in [-0.2, 0) is 0 Å². The largest absolute Gasteiger partial charge is 0.478 e. The summed E-state index contributed by atoms with van der Waals surface area (Å²) in [6.45, 7) is 0. The van der Waals surface area contributed by atoms with Crippen molar-refractivity contribution in [3.8, 4) is 11.5 Å². The number of imidazole rings is 1. The Balaban J connectivity index is 2.04. The second kappa shape index (κ2) is 4.71. The van der Waals surface area contributed by atoms with Gasteiger partial charge in [0.15, 0.2) is 5.82 Å². The van der Waals surface area contributed by atoms with E-state index in [9.17, 15) is 4.79 Å². The van der Waals surface area contributed by atoms with Crippen LogP contribution in [0.5, 0.6) is 0 Å². The van der Waals surface area contributed by atoms with Gasteiger partial charge in [0, 0.05) is 11.8 Å². The lowest BCUT2D eigenvalue weighted by molar-refractivity contribution is 0.0696. The molecule has 0 aliphatic heterocycles. The van der Waals surface area contributed by atoms with Crippen LogP contribution in [0.2, 0.25) is 0 Å². The van der Waals surface area contributed by atoms with E-state index in [4.69, 9.17) is 16.2 Å². The maximum Gasteiger partial charge on any atom is 0.337 e. The number of rotatable bonds is 3. The maximum atomic E-state index is 10.8. The lowest BCUT2D eigenvalue weighted by Gasteiger charge is -1.97. The molecule has 2 heterocycles. The molecule has 0 fully saturated rings. The van der Waals surface area contributed by atoms with Crippen LogP contribution in [0.3, 0.4) is 0 Å². The topological polar surface area (TPSA) is 129 Å². The SMILES string of the molecule is N=C(N)c1ccc2nc(-c3ccc(C(=O)O)cn3)[nH]c2c1. The number of H-pyrrole nitrogens is 1. The Morgan fingerprint density at radius 2 is 2.00 bits per heavy atom. The second-order valence-electron chi connectivity index (χ2n) is 4.47. The molecule has 21 heavy (non-hydrogen) atoms. The summed E-state index contributed by atoms with van der Waals surface area (Å²) in [5.41, 5.74) is 8.17. The van der Waals surface area contributed by atoms with E-state index in [0.29, 0.717) is 17.1 Å². The van der Waals surface area contributed by atoms with Crippen molar-refractivity contribution in [2.75, 3.05) is 0 Å². The predicted octanol–water partition coefficient (Wildman–Crippen LogP) is 1.61. The summed E-state index contributed by atoms with van der Waals surface area (Å²) in [7, 11) is 0. The Labute approximate surface area is 119 Å². The van der Waals surface area contributed by atoms with Gasteiger partial charge in [0.25, 0.3) is 0 Å². The Morgan fingerprint density at radius 1 is 1.24 bits per heavy atom. The van der Waals surface area contributed by atoms with Gasteiger partial charge in [-0.2, -0.15) is 0 Å². The third kappa shape index (κ3) is 2.32. The number of carboxylic acid groups (broad SMARTS) is 1. The first kappa shape index (κ1) is 12.8. The molecule has 7 nitrogen and oxygen atoms in total. The molecule has 1 aromatic carbocycles. The lowest BCUT2D eigenvalue weighted by Crippen LogP contribution is -2.10. The van der Waals surface area contributed by atoms with E-state index in [1.165, 1.54) is 12.3 Å². The number of hydrogen-bond donors (Lipinski definition) is 4. The van der Waals surface area contributed by atoms with Gasteiger partial charge in [-0.3, -0.25) is 10.4 Å². The molecule has 0 saturated heterocycles. The number of aromatic carboxylic acids is 1. The molecule has 7 heteroatoms. The van der Waals surface area contributed by atoms with Crippen LogP contribution in [0.1, 0.15) is 15.9 Å². The van der Waals surface area contributed by atoms with Gasteiger partial charge in [0.2, 0.25) is 0 Å². The quantitative estimate of drug-likeness (QED) is 0.428. The fraction of sp³-hybridized carbons (Fsp3) is 0. The van der Waals surface area contributed by atoms with Gasteiger partial charge >= 0.3 is 5.97 Å². The fourth-order valence-electron chi connectivity index (χ4n) is 1.96. The number of carboxylic acids is 1. The number of nitrogens with zero attached hydrogens (tertiary/aromatic N) is 2. The molecule has 0 aliphatic rings. The van der Waals surface area contributed by atoms with E-state index in [1.807, 2.05) is 0 Å². The van der Waals surface area contributed by atoms with E-state index < -0.39 is 5.97 Å². The second-order valence-corrected chi connectivity index (χ2v) is 4.47. The summed E-state index contributed by atoms with van der Waals surface area (Å²) in [6.07, 6.45) is 1.28. The van der Waals surface area contributed by atoms with Crippen molar-refractivity contribution in [1.82, 2.24) is 15.0 Å². The number of carbonyl (C=O) groups is 1. The highest BCUT2D eigenvalue weighted by atomic mass is 16.4. The number of fused-ring (bicyclic) bond motifs is 1. The molecular weight excluding hydrogens is 270 g/mol. The van der Waals surface area contributed by atoms with E-state index in [2.05, 4.69) is 15.0 Å². The third-order valence-corrected chi connectivity index (χ3v) is 3.05. The molecule has 0 radical (unpaired) electrons. The number of nitrogens with one attached hydrogen (secondary N) is 2. The number of nitrogen functional groups attached to an aromatic ring is 1. The average molecular weight is 281 g/mol. The molecule has 0 aliphatic carbocycles. The first-order valence-electron chi connectivity index (χ1n) is 6.08. The highest BCUT2D eigenvalue weighted by Gasteiger charge is 2.09. The molecule has 3 rings (SSSR count). The van der Waals surface area contributed by atoms with Gasteiger partial charge in [0.1, 0.15) is 11.5 Å². The van der Waals surface area contributed by atoms with E-state index in [0.717, 1.165) is 11.0 Å². The number of amidine groups is 1. The van der Waals surface area contributed by atoms with Crippen molar-refractivity contribution in [2.24, 2.45) is 5.73 Å². The minimum absolute atomic E-state index is 0.0167. The molecule has 0 atom stereocenters. The standard InChI is InChI=1S/C14H11N5O2/c15-12(16)7-1-3-9-11(5-7)19-13(18-9)10-4-2-8(6-17-10)14(20)21/h1-6H,(H3,15,16)(H,18,19)(H,20,21). The van der Waals surface area contributed by atoms with E-state index in [-0.39, 0.29) is 11.4 Å². The van der Waals surface area contributed by atoms with E-state index >= 15 is 0 Å². The molecule has 104 valence electrons. The van der Waals surface area contributed by atoms with Crippen molar-refractivity contribution in [3.63, 3.8) is 0 Å². The highest BCUT2D eigenvalue weighted by molar-refractivity contribution is 5.98. The normalized spacial score (nSPS) is 10.7. The number of benzene rings is 1. The van der Waals surface area contributed by atoms with Crippen LogP contribution < -0.4 is 5.73 Å². The minimum Gasteiger partial charge on any atom is -0.478 e. The number of pyridine rings is 1. The van der Waals surface area contributed by atoms with Gasteiger partial charge in [-0.05, 0) is 30.3 Å². The van der Waals surface area contributed by atoms with Crippen LogP contribution in [0.15, 0.2) is 36.5 Å². The van der Waals surface area contributed by atoms with Gasteiger partial charge in [-0.1, -0.05) is 0 Å². The van der Waals surface area contributed by atoms with Gasteiger partial charge in [-0.15, -0.1) is 0 Å². The summed E-state index contributed by atoms with van der Waals surface area (Å²) >= 11 is 0. The molecule has 3 aromatic rings. The first-order chi connectivity index (χ1) is 10.0. The highest BCUT2D eigenvalue weighted by Crippen LogP contribution is 2.20. The summed E-state index contributed by atoms with van der Waals surface area (Å²) in [5, 5.41) is 16.3. The fourth-order valence-corrected chi connectivity index (χ4v) is 1.96. The van der Waals surface area contributed by atoms with Crippen molar-refractivity contribution >= 4 is 22.8 Å². The average Bonchev–Trinajstić information content (AvgIpc) is 2.90. The lowest BCUT2D eigenvalue weighted by atomic mass is 10.2. The zero-order valence-electron chi connectivity index (χ0n) is 10.8. The van der Waals surface area contributed by atoms with Crippen molar-refractivity contribution in [1.29, 1.82) is 5.41 Å². The number of aromatic amines is 1. The van der Waals surface area contributed by atoms with Crippen LogP contribution in [0.25, 0.3) is 22.6 Å². The number of hydrogen-bond acceptors (Lipinski definition) is 4. The molecule has 5 N–H and O–H groups in total. The van der Waals surface area contributed by atoms with Gasteiger partial charge < -0.3 is 15.8 Å². The number of nitrogens with two attached hydrogens (primary N) is 1. The van der Waals surface area contributed by atoms with Crippen molar-refractivity contribution in [2.45, 2.75) is 0 Å². The van der Waals surface area contributed by atoms with Crippen LogP contribution in [-0.4, -0.2) is 31.9 Å². The molecule has 2 aromatic heterocycles. The summed E-state index contributed by atoms with van der Waals surface area (Å²) in [4.78, 5) is 22.3. The van der Waals surface area contributed by atoms with E-state index in [1.54, 1.807) is 24.3 Å². The Bertz CT molecular complexity index is 851. The first-order valence-corrected chi connectivity index (χ1v) is 6.08. The minimum atomic E-state index is -1.02. The molecule has 0 unspecified atom stereocenters. The predicted molar refractivity (Wildman–Crippen MR) is 77.3 cm³/mol. The Morgan fingerprint density at radius 3 is 2.62 bits per heavy atom. The van der Waals surface area contributed by atoms with Crippen molar-refractivity contribution in [3.05, 3.63) is 47.7 Å². The summed E-state index contributed by atoms with van der Waals surface area (Å²) in [5.74, 6) is -0.510. The molecule has 0 saturated carbocycles. The molecule has 0 amide bonds. The van der Waals surface area contributed by atoms with Gasteiger partial charge in [-0.25, -0.2) is 9.78 Å².